The lowest BCUT2D eigenvalue weighted by Crippen LogP contribution is -2.30. The molecule has 0 atom stereocenters. The summed E-state index contributed by atoms with van der Waals surface area (Å²) >= 11 is 12.2. The average Bonchev–Trinajstić information content (AvgIpc) is 2.52. The summed E-state index contributed by atoms with van der Waals surface area (Å²) in [6, 6.07) is 11.1. The monoisotopic (exact) mass is 366 g/mol. The standard InChI is InChI=1S/C18H20Cl2N2O2/c1-12-8-16(17(24-3)9-15(12)20)21-18(23)11-22(2)10-13-6-4-5-7-14(13)19/h4-9H,10-11H2,1-3H3,(H,21,23). The summed E-state index contributed by atoms with van der Waals surface area (Å²) in [5.41, 5.74) is 2.46. The fraction of sp³-hybridized carbons (Fsp3) is 0.278. The topological polar surface area (TPSA) is 41.6 Å². The molecule has 2 aromatic carbocycles. The Morgan fingerprint density at radius 1 is 1.21 bits per heavy atom. The number of anilines is 1. The van der Waals surface area contributed by atoms with E-state index < -0.39 is 0 Å². The maximum atomic E-state index is 12.3. The van der Waals surface area contributed by atoms with Crippen LogP contribution in [0.3, 0.4) is 0 Å². The molecule has 0 aliphatic carbocycles. The first-order chi connectivity index (χ1) is 11.4. The average molecular weight is 367 g/mol. The number of ether oxygens (including phenoxy) is 1. The first kappa shape index (κ1) is 18.6. The summed E-state index contributed by atoms with van der Waals surface area (Å²) in [4.78, 5) is 14.2. The van der Waals surface area contributed by atoms with Gasteiger partial charge in [-0.15, -0.1) is 0 Å². The van der Waals surface area contributed by atoms with E-state index in [9.17, 15) is 4.79 Å². The van der Waals surface area contributed by atoms with Crippen molar-refractivity contribution < 1.29 is 9.53 Å². The first-order valence-electron chi connectivity index (χ1n) is 7.46. The maximum Gasteiger partial charge on any atom is 0.238 e. The van der Waals surface area contributed by atoms with Gasteiger partial charge in [-0.25, -0.2) is 0 Å². The SMILES string of the molecule is COc1cc(Cl)c(C)cc1NC(=O)CN(C)Cc1ccccc1Cl. The van der Waals surface area contributed by atoms with E-state index in [0.717, 1.165) is 11.1 Å². The number of benzene rings is 2. The molecule has 0 heterocycles. The van der Waals surface area contributed by atoms with E-state index in [2.05, 4.69) is 5.32 Å². The molecular weight excluding hydrogens is 347 g/mol. The molecule has 2 aromatic rings. The highest BCUT2D eigenvalue weighted by atomic mass is 35.5. The van der Waals surface area contributed by atoms with Crippen molar-refractivity contribution in [3.8, 4) is 5.75 Å². The predicted octanol–water partition coefficient (Wildman–Crippen LogP) is 4.38. The summed E-state index contributed by atoms with van der Waals surface area (Å²) in [5.74, 6) is 0.400. The molecular formula is C18H20Cl2N2O2. The molecule has 2 rings (SSSR count). The third kappa shape index (κ3) is 4.87. The van der Waals surface area contributed by atoms with Crippen LogP contribution in [0.1, 0.15) is 11.1 Å². The molecule has 24 heavy (non-hydrogen) atoms. The van der Waals surface area contributed by atoms with Crippen molar-refractivity contribution in [1.29, 1.82) is 0 Å². The Morgan fingerprint density at radius 2 is 1.92 bits per heavy atom. The molecule has 0 unspecified atom stereocenters. The number of carbonyl (C=O) groups excluding carboxylic acids is 1. The lowest BCUT2D eigenvalue weighted by molar-refractivity contribution is -0.117. The molecule has 0 spiro atoms. The number of methoxy groups -OCH3 is 1. The van der Waals surface area contributed by atoms with Crippen molar-refractivity contribution in [1.82, 2.24) is 4.90 Å². The van der Waals surface area contributed by atoms with Gasteiger partial charge in [0.1, 0.15) is 5.75 Å². The van der Waals surface area contributed by atoms with Crippen molar-refractivity contribution in [2.75, 3.05) is 26.0 Å². The minimum absolute atomic E-state index is 0.135. The number of nitrogens with zero attached hydrogens (tertiary/aromatic N) is 1. The van der Waals surface area contributed by atoms with Crippen LogP contribution >= 0.6 is 23.2 Å². The van der Waals surface area contributed by atoms with E-state index in [0.29, 0.717) is 28.0 Å². The van der Waals surface area contributed by atoms with E-state index >= 15 is 0 Å². The van der Waals surface area contributed by atoms with Gasteiger partial charge in [0, 0.05) is 22.7 Å². The van der Waals surface area contributed by atoms with Gasteiger partial charge in [-0.2, -0.15) is 0 Å². The molecule has 6 heteroatoms. The summed E-state index contributed by atoms with van der Waals surface area (Å²) in [6.07, 6.45) is 0. The molecule has 1 amide bonds. The molecule has 0 aromatic heterocycles. The van der Waals surface area contributed by atoms with Crippen LogP contribution in [0, 0.1) is 6.92 Å². The highest BCUT2D eigenvalue weighted by Gasteiger charge is 2.13. The summed E-state index contributed by atoms with van der Waals surface area (Å²) in [6.45, 7) is 2.70. The van der Waals surface area contributed by atoms with Crippen LogP contribution in [0.5, 0.6) is 5.75 Å². The predicted molar refractivity (Wildman–Crippen MR) is 99.2 cm³/mol. The van der Waals surface area contributed by atoms with Crippen molar-refractivity contribution in [2.45, 2.75) is 13.5 Å². The number of halogens is 2. The second-order valence-electron chi connectivity index (χ2n) is 5.61. The van der Waals surface area contributed by atoms with Gasteiger partial charge in [0.15, 0.2) is 0 Å². The van der Waals surface area contributed by atoms with Crippen LogP contribution in [0.4, 0.5) is 5.69 Å². The molecule has 1 N–H and O–H groups in total. The van der Waals surface area contributed by atoms with Crippen molar-refractivity contribution in [3.63, 3.8) is 0 Å². The first-order valence-corrected chi connectivity index (χ1v) is 8.22. The Balaban J connectivity index is 2.00. The van der Waals surface area contributed by atoms with Gasteiger partial charge >= 0.3 is 0 Å². The highest BCUT2D eigenvalue weighted by molar-refractivity contribution is 6.31. The molecule has 0 bridgehead atoms. The van der Waals surface area contributed by atoms with E-state index in [-0.39, 0.29) is 12.5 Å². The molecule has 128 valence electrons. The minimum atomic E-state index is -0.135. The molecule has 0 saturated carbocycles. The number of nitrogens with one attached hydrogen (secondary N) is 1. The number of carbonyl (C=O) groups is 1. The fourth-order valence-electron chi connectivity index (χ4n) is 2.34. The van der Waals surface area contributed by atoms with E-state index in [4.69, 9.17) is 27.9 Å². The van der Waals surface area contributed by atoms with Crippen molar-refractivity contribution in [3.05, 3.63) is 57.6 Å². The smallest absolute Gasteiger partial charge is 0.238 e. The van der Waals surface area contributed by atoms with Crippen LogP contribution in [-0.2, 0) is 11.3 Å². The van der Waals surface area contributed by atoms with E-state index in [1.165, 1.54) is 0 Å². The molecule has 4 nitrogen and oxygen atoms in total. The molecule has 0 fully saturated rings. The third-order valence-corrected chi connectivity index (χ3v) is 4.34. The lowest BCUT2D eigenvalue weighted by atomic mass is 10.2. The van der Waals surface area contributed by atoms with E-state index in [1.54, 1.807) is 19.2 Å². The van der Waals surface area contributed by atoms with Crippen molar-refractivity contribution >= 4 is 34.8 Å². The summed E-state index contributed by atoms with van der Waals surface area (Å²) in [7, 11) is 3.41. The van der Waals surface area contributed by atoms with Crippen molar-refractivity contribution in [2.24, 2.45) is 0 Å². The Kier molecular flexibility index (Phi) is 6.49. The van der Waals surface area contributed by atoms with Gasteiger partial charge in [0.25, 0.3) is 0 Å². The summed E-state index contributed by atoms with van der Waals surface area (Å²) in [5, 5.41) is 4.16. The number of hydrogen-bond acceptors (Lipinski definition) is 3. The van der Waals surface area contributed by atoms with Crippen LogP contribution in [0.15, 0.2) is 36.4 Å². The number of hydrogen-bond donors (Lipinski definition) is 1. The second-order valence-corrected chi connectivity index (χ2v) is 6.43. The van der Waals surface area contributed by atoms with Gasteiger partial charge in [0.05, 0.1) is 19.3 Å². The van der Waals surface area contributed by atoms with Crippen LogP contribution in [0.2, 0.25) is 10.0 Å². The Labute approximate surface area is 152 Å². The second kappa shape index (κ2) is 8.38. The van der Waals surface area contributed by atoms with Crippen LogP contribution in [-0.4, -0.2) is 31.5 Å². The molecule has 0 radical (unpaired) electrons. The summed E-state index contributed by atoms with van der Waals surface area (Å²) < 4.78 is 5.27. The normalized spacial score (nSPS) is 10.8. The van der Waals surface area contributed by atoms with Gasteiger partial charge < -0.3 is 10.1 Å². The maximum absolute atomic E-state index is 12.3. The molecule has 0 aliphatic heterocycles. The van der Waals surface area contributed by atoms with Crippen LogP contribution in [0.25, 0.3) is 0 Å². The lowest BCUT2D eigenvalue weighted by Gasteiger charge is -2.18. The Morgan fingerprint density at radius 3 is 2.58 bits per heavy atom. The van der Waals surface area contributed by atoms with Gasteiger partial charge in [0.2, 0.25) is 5.91 Å². The number of amides is 1. The number of aryl methyl sites for hydroxylation is 1. The van der Waals surface area contributed by atoms with Gasteiger partial charge in [-0.05, 0) is 37.2 Å². The highest BCUT2D eigenvalue weighted by Crippen LogP contribution is 2.30. The third-order valence-electron chi connectivity index (χ3n) is 3.57. The number of rotatable bonds is 6. The zero-order chi connectivity index (χ0) is 17.7. The number of likely N-dealkylation sites (N-methyl/N-ethyl adjacent to an activating group) is 1. The minimum Gasteiger partial charge on any atom is -0.495 e. The Hall–Kier alpha value is -1.75. The van der Waals surface area contributed by atoms with Gasteiger partial charge in [-0.1, -0.05) is 41.4 Å². The fourth-order valence-corrected chi connectivity index (χ4v) is 2.69. The van der Waals surface area contributed by atoms with E-state index in [1.807, 2.05) is 43.1 Å². The quantitative estimate of drug-likeness (QED) is 0.824. The molecule has 0 aliphatic rings. The zero-order valence-corrected chi connectivity index (χ0v) is 15.4. The largest absolute Gasteiger partial charge is 0.495 e. The van der Waals surface area contributed by atoms with Crippen LogP contribution < -0.4 is 10.1 Å². The Bertz CT molecular complexity index is 735. The zero-order valence-electron chi connectivity index (χ0n) is 13.9. The molecule has 0 saturated heterocycles. The van der Waals surface area contributed by atoms with Gasteiger partial charge in [-0.3, -0.25) is 9.69 Å².